The number of ether oxygens (including phenoxy) is 1. The molecule has 0 aliphatic carbocycles. The largest absolute Gasteiger partial charge is 0.497 e. The van der Waals surface area contributed by atoms with Gasteiger partial charge in [0.25, 0.3) is 0 Å². The van der Waals surface area contributed by atoms with Crippen molar-refractivity contribution >= 4 is 0 Å². The quantitative estimate of drug-likeness (QED) is 0.715. The third-order valence-corrected chi connectivity index (χ3v) is 2.72. The van der Waals surface area contributed by atoms with Crippen LogP contribution < -0.4 is 10.1 Å². The van der Waals surface area contributed by atoms with Gasteiger partial charge in [-0.2, -0.15) is 0 Å². The van der Waals surface area contributed by atoms with E-state index < -0.39 is 0 Å². The van der Waals surface area contributed by atoms with Crippen LogP contribution in [-0.2, 0) is 6.42 Å². The van der Waals surface area contributed by atoms with Crippen molar-refractivity contribution in [2.24, 2.45) is 0 Å². The van der Waals surface area contributed by atoms with Gasteiger partial charge in [0, 0.05) is 6.04 Å². The summed E-state index contributed by atoms with van der Waals surface area (Å²) in [6.07, 6.45) is 3.59. The summed E-state index contributed by atoms with van der Waals surface area (Å²) >= 11 is 0. The first-order chi connectivity index (χ1) is 7.76. The zero-order valence-electron chi connectivity index (χ0n) is 10.6. The Morgan fingerprint density at radius 1 is 1.25 bits per heavy atom. The fraction of sp³-hybridized carbons (Fsp3) is 0.571. The lowest BCUT2D eigenvalue weighted by atomic mass is 10.1. The van der Waals surface area contributed by atoms with Crippen LogP contribution in [0.3, 0.4) is 0 Å². The van der Waals surface area contributed by atoms with Crippen LogP contribution in [0.1, 0.15) is 32.3 Å². The molecule has 90 valence electrons. The van der Waals surface area contributed by atoms with Gasteiger partial charge in [-0.3, -0.25) is 0 Å². The van der Waals surface area contributed by atoms with Crippen LogP contribution in [0.5, 0.6) is 5.75 Å². The number of unbranched alkanes of at least 4 members (excludes halogenated alkanes) is 1. The van der Waals surface area contributed by atoms with Gasteiger partial charge in [-0.05, 0) is 44.0 Å². The van der Waals surface area contributed by atoms with Gasteiger partial charge in [0.05, 0.1) is 7.11 Å². The molecule has 2 heteroatoms. The summed E-state index contributed by atoms with van der Waals surface area (Å²) in [5.41, 5.74) is 1.36. The van der Waals surface area contributed by atoms with Crippen molar-refractivity contribution in [3.63, 3.8) is 0 Å². The molecule has 0 heterocycles. The molecule has 0 radical (unpaired) electrons. The Bertz CT molecular complexity index is 281. The van der Waals surface area contributed by atoms with Crippen LogP contribution in [-0.4, -0.2) is 19.7 Å². The maximum absolute atomic E-state index is 5.14. The number of methoxy groups -OCH3 is 1. The van der Waals surface area contributed by atoms with Crippen LogP contribution in [0.2, 0.25) is 0 Å². The lowest BCUT2D eigenvalue weighted by Gasteiger charge is -2.13. The summed E-state index contributed by atoms with van der Waals surface area (Å²) in [6.45, 7) is 5.57. The van der Waals surface area contributed by atoms with Crippen molar-refractivity contribution in [2.75, 3.05) is 13.7 Å². The Morgan fingerprint density at radius 3 is 2.50 bits per heavy atom. The molecule has 2 nitrogen and oxygen atoms in total. The molecule has 0 saturated carbocycles. The Morgan fingerprint density at radius 2 is 1.94 bits per heavy atom. The van der Waals surface area contributed by atoms with Gasteiger partial charge in [0.15, 0.2) is 0 Å². The summed E-state index contributed by atoms with van der Waals surface area (Å²) in [7, 11) is 1.70. The lowest BCUT2D eigenvalue weighted by molar-refractivity contribution is 0.414. The van der Waals surface area contributed by atoms with Crippen molar-refractivity contribution in [3.05, 3.63) is 29.8 Å². The summed E-state index contributed by atoms with van der Waals surface area (Å²) < 4.78 is 5.14. The normalized spacial score (nSPS) is 12.4. The second-order valence-corrected chi connectivity index (χ2v) is 4.26. The van der Waals surface area contributed by atoms with Gasteiger partial charge < -0.3 is 10.1 Å². The minimum absolute atomic E-state index is 0.542. The molecule has 0 aliphatic rings. The molecule has 0 saturated heterocycles. The molecule has 1 N–H and O–H groups in total. The summed E-state index contributed by atoms with van der Waals surface area (Å²) in [6, 6.07) is 8.86. The van der Waals surface area contributed by atoms with Gasteiger partial charge in [0.1, 0.15) is 5.75 Å². The number of hydrogen-bond donors (Lipinski definition) is 1. The highest BCUT2D eigenvalue weighted by Crippen LogP contribution is 2.12. The molecule has 16 heavy (non-hydrogen) atoms. The van der Waals surface area contributed by atoms with E-state index in [1.54, 1.807) is 7.11 Å². The zero-order chi connectivity index (χ0) is 11.8. The summed E-state index contributed by atoms with van der Waals surface area (Å²) in [5.74, 6) is 0.926. The van der Waals surface area contributed by atoms with Gasteiger partial charge in [-0.15, -0.1) is 0 Å². The topological polar surface area (TPSA) is 21.3 Å². The van der Waals surface area contributed by atoms with E-state index >= 15 is 0 Å². The Labute approximate surface area is 99.0 Å². The van der Waals surface area contributed by atoms with Gasteiger partial charge in [-0.25, -0.2) is 0 Å². The van der Waals surface area contributed by atoms with Crippen LogP contribution in [0, 0.1) is 0 Å². The highest BCUT2D eigenvalue weighted by atomic mass is 16.5. The Kier molecular flexibility index (Phi) is 5.94. The number of hydrogen-bond acceptors (Lipinski definition) is 2. The summed E-state index contributed by atoms with van der Waals surface area (Å²) in [5, 5.41) is 3.53. The molecule has 1 atom stereocenters. The zero-order valence-corrected chi connectivity index (χ0v) is 10.6. The minimum atomic E-state index is 0.542. The van der Waals surface area contributed by atoms with E-state index in [1.165, 1.54) is 18.4 Å². The SMILES string of the molecule is CCCCN[C@@H](C)Cc1ccc(OC)cc1. The lowest BCUT2D eigenvalue weighted by Crippen LogP contribution is -2.28. The second kappa shape index (κ2) is 7.29. The maximum atomic E-state index is 5.14. The number of benzene rings is 1. The highest BCUT2D eigenvalue weighted by Gasteiger charge is 2.02. The molecule has 0 bridgehead atoms. The minimum Gasteiger partial charge on any atom is -0.497 e. The van der Waals surface area contributed by atoms with Crippen LogP contribution >= 0.6 is 0 Å². The van der Waals surface area contributed by atoms with E-state index in [9.17, 15) is 0 Å². The van der Waals surface area contributed by atoms with Crippen LogP contribution in [0.15, 0.2) is 24.3 Å². The fourth-order valence-electron chi connectivity index (χ4n) is 1.71. The van der Waals surface area contributed by atoms with Crippen molar-refractivity contribution in [3.8, 4) is 5.75 Å². The van der Waals surface area contributed by atoms with E-state index in [0.29, 0.717) is 6.04 Å². The average Bonchev–Trinajstić information content (AvgIpc) is 2.30. The average molecular weight is 221 g/mol. The first-order valence-corrected chi connectivity index (χ1v) is 6.12. The van der Waals surface area contributed by atoms with Crippen molar-refractivity contribution in [2.45, 2.75) is 39.2 Å². The number of nitrogens with one attached hydrogen (secondary N) is 1. The maximum Gasteiger partial charge on any atom is 0.118 e. The standard InChI is InChI=1S/C14H23NO/c1-4-5-10-15-12(2)11-13-6-8-14(16-3)9-7-13/h6-9,12,15H,4-5,10-11H2,1-3H3/t12-/m0/s1. The number of rotatable bonds is 7. The second-order valence-electron chi connectivity index (χ2n) is 4.26. The fourth-order valence-corrected chi connectivity index (χ4v) is 1.71. The molecule has 0 aliphatic heterocycles. The smallest absolute Gasteiger partial charge is 0.118 e. The predicted molar refractivity (Wildman–Crippen MR) is 69.1 cm³/mol. The molecule has 0 aromatic heterocycles. The third kappa shape index (κ3) is 4.67. The first kappa shape index (κ1) is 13.0. The third-order valence-electron chi connectivity index (χ3n) is 2.72. The molecule has 0 fully saturated rings. The summed E-state index contributed by atoms with van der Waals surface area (Å²) in [4.78, 5) is 0. The van der Waals surface area contributed by atoms with E-state index in [1.807, 2.05) is 12.1 Å². The monoisotopic (exact) mass is 221 g/mol. The van der Waals surface area contributed by atoms with Crippen molar-refractivity contribution in [1.29, 1.82) is 0 Å². The van der Waals surface area contributed by atoms with Gasteiger partial charge in [0.2, 0.25) is 0 Å². The highest BCUT2D eigenvalue weighted by molar-refractivity contribution is 5.27. The molecular weight excluding hydrogens is 198 g/mol. The first-order valence-electron chi connectivity index (χ1n) is 6.12. The van der Waals surface area contributed by atoms with Crippen molar-refractivity contribution < 1.29 is 4.74 Å². The molecule has 0 amide bonds. The van der Waals surface area contributed by atoms with E-state index in [0.717, 1.165) is 18.7 Å². The molecule has 1 aromatic carbocycles. The predicted octanol–water partition coefficient (Wildman–Crippen LogP) is 3.02. The molecule has 0 spiro atoms. The van der Waals surface area contributed by atoms with Crippen LogP contribution in [0.4, 0.5) is 0 Å². The Balaban J connectivity index is 2.34. The van der Waals surface area contributed by atoms with E-state index in [4.69, 9.17) is 4.74 Å². The van der Waals surface area contributed by atoms with E-state index in [-0.39, 0.29) is 0 Å². The molecule has 1 aromatic rings. The molecular formula is C14H23NO. The van der Waals surface area contributed by atoms with Crippen molar-refractivity contribution in [1.82, 2.24) is 5.32 Å². The van der Waals surface area contributed by atoms with Gasteiger partial charge in [-0.1, -0.05) is 25.5 Å². The van der Waals surface area contributed by atoms with E-state index in [2.05, 4.69) is 31.3 Å². The molecule has 0 unspecified atom stereocenters. The Hall–Kier alpha value is -1.02. The molecule has 1 rings (SSSR count). The van der Waals surface area contributed by atoms with Crippen LogP contribution in [0.25, 0.3) is 0 Å². The van der Waals surface area contributed by atoms with Gasteiger partial charge >= 0.3 is 0 Å².